The van der Waals surface area contributed by atoms with Crippen LogP contribution in [0.15, 0.2) is 49.4 Å². The lowest BCUT2D eigenvalue weighted by atomic mass is 10.1. The minimum absolute atomic E-state index is 0.996. The van der Waals surface area contributed by atoms with Crippen LogP contribution in [0.3, 0.4) is 0 Å². The molecule has 0 aliphatic heterocycles. The van der Waals surface area contributed by atoms with Gasteiger partial charge in [0.05, 0.1) is 25.0 Å². The Kier molecular flexibility index (Phi) is 43.4. The lowest BCUT2D eigenvalue weighted by Crippen LogP contribution is -2.44. The second kappa shape index (κ2) is 44.8. The molecule has 0 aromatic heterocycles. The molecule has 0 saturated heterocycles. The van der Waals surface area contributed by atoms with Crippen molar-refractivity contribution in [3.63, 3.8) is 0 Å². The van der Waals surface area contributed by atoms with Crippen LogP contribution >= 0.6 is 0 Å². The van der Waals surface area contributed by atoms with Gasteiger partial charge in [-0.2, -0.15) is 0 Å². The molecule has 0 radical (unpaired) electrons. The zero-order valence-corrected chi connectivity index (χ0v) is 37.2. The van der Waals surface area contributed by atoms with E-state index >= 15 is 0 Å². The molecule has 0 atom stereocenters. The standard InChI is InChI=1S/C48H92O4Si/c1-5-9-13-17-21-25-29-33-37-41-45-49-53(50-46-42-38-34-30-26-22-18-14-10-6-2,51-47-43-39-35-31-27-23-19-15-11-7-3)52-48-44-40-36-32-28-24-20-16-12-8-4/h41-48H,5-40H2,1-4H3. The third-order valence-electron chi connectivity index (χ3n) is 10.1. The van der Waals surface area contributed by atoms with Crippen LogP contribution in [-0.4, -0.2) is 9.05 Å². The Morgan fingerprint density at radius 3 is 0.604 bits per heavy atom. The van der Waals surface area contributed by atoms with E-state index in [0.29, 0.717) is 0 Å². The van der Waals surface area contributed by atoms with E-state index in [1.54, 1.807) is 25.0 Å². The van der Waals surface area contributed by atoms with Gasteiger partial charge in [-0.1, -0.05) is 232 Å². The van der Waals surface area contributed by atoms with E-state index in [0.717, 1.165) is 25.7 Å². The molecule has 312 valence electrons. The van der Waals surface area contributed by atoms with E-state index in [-0.39, 0.29) is 0 Å². The number of rotatable bonds is 44. The van der Waals surface area contributed by atoms with Crippen LogP contribution < -0.4 is 0 Å². The number of hydrogen-bond donors (Lipinski definition) is 0. The van der Waals surface area contributed by atoms with Gasteiger partial charge >= 0.3 is 9.05 Å². The Balaban J connectivity index is 5.21. The molecule has 5 heteroatoms. The van der Waals surface area contributed by atoms with E-state index < -0.39 is 9.05 Å². The summed E-state index contributed by atoms with van der Waals surface area (Å²) in [6.07, 6.45) is 61.8. The predicted octanol–water partition coefficient (Wildman–Crippen LogP) is 17.7. The average Bonchev–Trinajstić information content (AvgIpc) is 3.17. The smallest absolute Gasteiger partial charge is 0.459 e. The first-order valence-corrected chi connectivity index (χ1v) is 25.2. The molecule has 0 N–H and O–H groups in total. The van der Waals surface area contributed by atoms with Crippen molar-refractivity contribution in [2.45, 2.75) is 259 Å². The molecule has 53 heavy (non-hydrogen) atoms. The molecule has 0 rings (SSSR count). The fourth-order valence-electron chi connectivity index (χ4n) is 6.55. The van der Waals surface area contributed by atoms with E-state index in [2.05, 4.69) is 52.0 Å². The first kappa shape index (κ1) is 51.4. The lowest BCUT2D eigenvalue weighted by Gasteiger charge is -2.22. The molecule has 0 aliphatic rings. The van der Waals surface area contributed by atoms with Gasteiger partial charge in [0.25, 0.3) is 0 Å². The van der Waals surface area contributed by atoms with Crippen molar-refractivity contribution in [3.8, 4) is 0 Å². The normalized spacial score (nSPS) is 13.2. The summed E-state index contributed by atoms with van der Waals surface area (Å²) in [5.41, 5.74) is 0. The summed E-state index contributed by atoms with van der Waals surface area (Å²) < 4.78 is 25.3. The zero-order valence-electron chi connectivity index (χ0n) is 36.2. The summed E-state index contributed by atoms with van der Waals surface area (Å²) in [6, 6.07) is 0. The third kappa shape index (κ3) is 39.9. The molecule has 0 spiro atoms. The molecule has 0 saturated carbocycles. The van der Waals surface area contributed by atoms with Crippen molar-refractivity contribution >= 4 is 9.05 Å². The fraction of sp³-hybridized carbons (Fsp3) is 0.833. The van der Waals surface area contributed by atoms with Gasteiger partial charge in [0, 0.05) is 0 Å². The Bertz CT molecular complexity index is 674. The number of allylic oxidation sites excluding steroid dienone is 4. The van der Waals surface area contributed by atoms with Gasteiger partial charge in [0.1, 0.15) is 0 Å². The molecule has 0 unspecified atom stereocenters. The highest BCUT2D eigenvalue weighted by molar-refractivity contribution is 6.54. The molecular weight excluding hydrogens is 669 g/mol. The first-order valence-electron chi connectivity index (χ1n) is 23.6. The van der Waals surface area contributed by atoms with Crippen LogP contribution in [0, 0.1) is 0 Å². The SMILES string of the molecule is CCCCCCCCCCC=CO[Si](OC=CCCCCCCCCCC)(OC=CCCCCCCCCCC)OC=CCCCCCCCCCC. The van der Waals surface area contributed by atoms with E-state index in [9.17, 15) is 0 Å². The highest BCUT2D eigenvalue weighted by Gasteiger charge is 2.54. The van der Waals surface area contributed by atoms with Gasteiger partial charge in [-0.05, 0) is 51.4 Å². The van der Waals surface area contributed by atoms with Crippen LogP contribution in [0.4, 0.5) is 0 Å². The quantitative estimate of drug-likeness (QED) is 0.0352. The maximum Gasteiger partial charge on any atom is 0.964 e. The predicted molar refractivity (Wildman–Crippen MR) is 236 cm³/mol. The summed E-state index contributed by atoms with van der Waals surface area (Å²) in [5, 5.41) is 0. The summed E-state index contributed by atoms with van der Waals surface area (Å²) in [5.74, 6) is 0. The second-order valence-corrected chi connectivity index (χ2v) is 17.5. The van der Waals surface area contributed by atoms with Crippen molar-refractivity contribution in [1.82, 2.24) is 0 Å². The molecule has 0 aromatic carbocycles. The van der Waals surface area contributed by atoms with Gasteiger partial charge in [0.2, 0.25) is 0 Å². The highest BCUT2D eigenvalue weighted by Crippen LogP contribution is 2.18. The molecule has 0 aliphatic carbocycles. The minimum Gasteiger partial charge on any atom is -0.459 e. The van der Waals surface area contributed by atoms with Crippen molar-refractivity contribution in [2.75, 3.05) is 0 Å². The first-order chi connectivity index (χ1) is 26.2. The van der Waals surface area contributed by atoms with Crippen molar-refractivity contribution < 1.29 is 17.7 Å². The van der Waals surface area contributed by atoms with Crippen molar-refractivity contribution in [3.05, 3.63) is 49.4 Å². The molecule has 0 bridgehead atoms. The monoisotopic (exact) mass is 761 g/mol. The number of unbranched alkanes of at least 4 members (excludes halogenated alkanes) is 32. The van der Waals surface area contributed by atoms with Crippen LogP contribution in [0.5, 0.6) is 0 Å². The van der Waals surface area contributed by atoms with Crippen LogP contribution in [0.25, 0.3) is 0 Å². The van der Waals surface area contributed by atoms with Crippen LogP contribution in [0.2, 0.25) is 0 Å². The highest BCUT2D eigenvalue weighted by atomic mass is 28.4. The van der Waals surface area contributed by atoms with Crippen LogP contribution in [0.1, 0.15) is 259 Å². The van der Waals surface area contributed by atoms with Crippen LogP contribution in [-0.2, 0) is 17.7 Å². The summed E-state index contributed by atoms with van der Waals surface area (Å²) in [4.78, 5) is 0. The minimum atomic E-state index is -3.52. The van der Waals surface area contributed by atoms with E-state index in [4.69, 9.17) is 17.7 Å². The van der Waals surface area contributed by atoms with Gasteiger partial charge < -0.3 is 17.7 Å². The average molecular weight is 761 g/mol. The zero-order chi connectivity index (χ0) is 38.4. The van der Waals surface area contributed by atoms with E-state index in [1.165, 1.54) is 205 Å². The maximum atomic E-state index is 6.32. The topological polar surface area (TPSA) is 36.9 Å². The largest absolute Gasteiger partial charge is 0.964 e. The second-order valence-electron chi connectivity index (χ2n) is 15.5. The summed E-state index contributed by atoms with van der Waals surface area (Å²) >= 11 is 0. The van der Waals surface area contributed by atoms with Crippen molar-refractivity contribution in [1.29, 1.82) is 0 Å². The molecule has 4 nitrogen and oxygen atoms in total. The van der Waals surface area contributed by atoms with Gasteiger partial charge in [0.15, 0.2) is 0 Å². The van der Waals surface area contributed by atoms with Gasteiger partial charge in [-0.3, -0.25) is 0 Å². The number of hydrogen-bond acceptors (Lipinski definition) is 4. The maximum absolute atomic E-state index is 6.32. The lowest BCUT2D eigenvalue weighted by molar-refractivity contribution is 0.0763. The Hall–Kier alpha value is -1.62. The van der Waals surface area contributed by atoms with E-state index in [1.807, 2.05) is 0 Å². The molecule has 0 heterocycles. The molecule has 0 fully saturated rings. The molecular formula is C48H92O4Si. The molecule has 0 aromatic rings. The third-order valence-corrected chi connectivity index (χ3v) is 11.8. The summed E-state index contributed by atoms with van der Waals surface area (Å²) in [6.45, 7) is 9.13. The summed E-state index contributed by atoms with van der Waals surface area (Å²) in [7, 11) is -3.52. The van der Waals surface area contributed by atoms with Gasteiger partial charge in [-0.15, -0.1) is 0 Å². The van der Waals surface area contributed by atoms with Gasteiger partial charge in [-0.25, -0.2) is 0 Å². The molecule has 0 amide bonds. The Labute approximate surface area is 333 Å². The van der Waals surface area contributed by atoms with Crippen molar-refractivity contribution in [2.24, 2.45) is 0 Å². The fourth-order valence-corrected chi connectivity index (χ4v) is 7.93. The Morgan fingerprint density at radius 1 is 0.245 bits per heavy atom. The Morgan fingerprint density at radius 2 is 0.415 bits per heavy atom.